The van der Waals surface area contributed by atoms with Gasteiger partial charge in [-0.05, 0) is 48.7 Å². The van der Waals surface area contributed by atoms with Crippen LogP contribution in [0.4, 0.5) is 0 Å². The average Bonchev–Trinajstić information content (AvgIpc) is 2.77. The standard InChI is InChI=1S/C23H27ClN2O4/c1-25(2)22(27)17-10-12-26(13-11-17)23(28)18-6-9-20(21(14-18)29-3)30-15-16-4-7-19(24)8-5-16/h4-9,14,17H,10-13,15H2,1-3H3. The van der Waals surface area contributed by atoms with Crippen LogP contribution in [0.15, 0.2) is 42.5 Å². The minimum absolute atomic E-state index is 0.0118. The quantitative estimate of drug-likeness (QED) is 0.698. The minimum atomic E-state index is -0.0618. The molecule has 1 aliphatic rings. The lowest BCUT2D eigenvalue weighted by molar-refractivity contribution is -0.134. The third-order valence-corrected chi connectivity index (χ3v) is 5.54. The molecule has 7 heteroatoms. The fourth-order valence-electron chi connectivity index (χ4n) is 3.54. The molecule has 1 fully saturated rings. The molecule has 1 aliphatic heterocycles. The van der Waals surface area contributed by atoms with Crippen molar-refractivity contribution in [1.82, 2.24) is 9.80 Å². The SMILES string of the molecule is COc1cc(C(=O)N2CCC(C(=O)N(C)C)CC2)ccc1OCc1ccc(Cl)cc1. The van der Waals surface area contributed by atoms with E-state index in [1.165, 1.54) is 0 Å². The van der Waals surface area contributed by atoms with Crippen molar-refractivity contribution in [3.63, 3.8) is 0 Å². The first kappa shape index (κ1) is 22.0. The van der Waals surface area contributed by atoms with Crippen molar-refractivity contribution < 1.29 is 19.1 Å². The van der Waals surface area contributed by atoms with Crippen LogP contribution in [-0.4, -0.2) is 55.9 Å². The van der Waals surface area contributed by atoms with Gasteiger partial charge in [-0.3, -0.25) is 9.59 Å². The number of nitrogens with zero attached hydrogens (tertiary/aromatic N) is 2. The van der Waals surface area contributed by atoms with Gasteiger partial charge in [0.05, 0.1) is 7.11 Å². The van der Waals surface area contributed by atoms with E-state index in [9.17, 15) is 9.59 Å². The summed E-state index contributed by atoms with van der Waals surface area (Å²) in [6.07, 6.45) is 1.37. The Morgan fingerprint density at radius 2 is 1.73 bits per heavy atom. The van der Waals surface area contributed by atoms with E-state index in [1.807, 2.05) is 24.3 Å². The van der Waals surface area contributed by atoms with Gasteiger partial charge in [-0.15, -0.1) is 0 Å². The Labute approximate surface area is 182 Å². The monoisotopic (exact) mass is 430 g/mol. The predicted octanol–water partition coefficient (Wildman–Crippen LogP) is 3.87. The molecule has 0 spiro atoms. The predicted molar refractivity (Wildman–Crippen MR) is 116 cm³/mol. The molecule has 0 unspecified atom stereocenters. The molecule has 1 saturated heterocycles. The van der Waals surface area contributed by atoms with E-state index < -0.39 is 0 Å². The van der Waals surface area contributed by atoms with Gasteiger partial charge in [0.1, 0.15) is 6.61 Å². The van der Waals surface area contributed by atoms with Gasteiger partial charge in [0.25, 0.3) is 5.91 Å². The minimum Gasteiger partial charge on any atom is -0.493 e. The summed E-state index contributed by atoms with van der Waals surface area (Å²) < 4.78 is 11.3. The molecule has 30 heavy (non-hydrogen) atoms. The lowest BCUT2D eigenvalue weighted by Gasteiger charge is -2.32. The van der Waals surface area contributed by atoms with Crippen molar-refractivity contribution >= 4 is 23.4 Å². The average molecular weight is 431 g/mol. The molecule has 0 aromatic heterocycles. The number of rotatable bonds is 6. The van der Waals surface area contributed by atoms with Crippen LogP contribution in [0.5, 0.6) is 11.5 Å². The second kappa shape index (κ2) is 9.85. The second-order valence-electron chi connectivity index (χ2n) is 7.58. The highest BCUT2D eigenvalue weighted by atomic mass is 35.5. The molecule has 1 heterocycles. The number of hydrogen-bond acceptors (Lipinski definition) is 4. The number of amides is 2. The summed E-state index contributed by atoms with van der Waals surface area (Å²) >= 11 is 5.91. The molecule has 3 rings (SSSR count). The molecule has 0 atom stereocenters. The molecule has 0 radical (unpaired) electrons. The fraction of sp³-hybridized carbons (Fsp3) is 0.391. The summed E-state index contributed by atoms with van der Waals surface area (Å²) in [5.41, 5.74) is 1.53. The molecule has 0 saturated carbocycles. The number of likely N-dealkylation sites (tertiary alicyclic amines) is 1. The zero-order valence-electron chi connectivity index (χ0n) is 17.6. The van der Waals surface area contributed by atoms with Gasteiger partial charge >= 0.3 is 0 Å². The molecule has 0 N–H and O–H groups in total. The number of halogens is 1. The molecule has 160 valence electrons. The van der Waals surface area contributed by atoms with Crippen molar-refractivity contribution in [3.8, 4) is 11.5 Å². The number of piperidine rings is 1. The molecule has 2 aromatic carbocycles. The maximum Gasteiger partial charge on any atom is 0.253 e. The molecule has 6 nitrogen and oxygen atoms in total. The zero-order chi connectivity index (χ0) is 21.7. The van der Waals surface area contributed by atoms with Gasteiger partial charge in [0.2, 0.25) is 5.91 Å². The van der Waals surface area contributed by atoms with Crippen molar-refractivity contribution in [3.05, 3.63) is 58.6 Å². The lowest BCUT2D eigenvalue weighted by atomic mass is 9.95. The molecule has 2 amide bonds. The van der Waals surface area contributed by atoms with Crippen LogP contribution >= 0.6 is 11.6 Å². The lowest BCUT2D eigenvalue weighted by Crippen LogP contribution is -2.42. The van der Waals surface area contributed by atoms with Crippen LogP contribution in [0.3, 0.4) is 0 Å². The van der Waals surface area contributed by atoms with Crippen molar-refractivity contribution in [1.29, 1.82) is 0 Å². The number of benzene rings is 2. The molecule has 0 bridgehead atoms. The summed E-state index contributed by atoms with van der Waals surface area (Å²) in [5.74, 6) is 1.13. The van der Waals surface area contributed by atoms with E-state index in [0.717, 1.165) is 5.56 Å². The first-order chi connectivity index (χ1) is 14.4. The Morgan fingerprint density at radius 1 is 1.07 bits per heavy atom. The highest BCUT2D eigenvalue weighted by molar-refractivity contribution is 6.30. The van der Waals surface area contributed by atoms with Gasteiger partial charge in [0, 0.05) is 43.7 Å². The number of hydrogen-bond donors (Lipinski definition) is 0. The zero-order valence-corrected chi connectivity index (χ0v) is 18.3. The highest BCUT2D eigenvalue weighted by Gasteiger charge is 2.29. The van der Waals surface area contributed by atoms with Crippen LogP contribution < -0.4 is 9.47 Å². The number of methoxy groups -OCH3 is 1. The van der Waals surface area contributed by atoms with E-state index in [4.69, 9.17) is 21.1 Å². The van der Waals surface area contributed by atoms with Crippen LogP contribution in [-0.2, 0) is 11.4 Å². The topological polar surface area (TPSA) is 59.1 Å². The van der Waals surface area contributed by atoms with E-state index >= 15 is 0 Å². The Kier molecular flexibility index (Phi) is 7.21. The number of carbonyl (C=O) groups excluding carboxylic acids is 2. The van der Waals surface area contributed by atoms with Gasteiger partial charge in [-0.2, -0.15) is 0 Å². The second-order valence-corrected chi connectivity index (χ2v) is 8.02. The Hall–Kier alpha value is -2.73. The maximum atomic E-state index is 12.9. The first-order valence-electron chi connectivity index (χ1n) is 9.94. The molecule has 0 aliphatic carbocycles. The largest absolute Gasteiger partial charge is 0.493 e. The van der Waals surface area contributed by atoms with Gasteiger partial charge in [-0.1, -0.05) is 23.7 Å². The Balaban J connectivity index is 1.63. The van der Waals surface area contributed by atoms with E-state index in [0.29, 0.717) is 54.6 Å². The van der Waals surface area contributed by atoms with Crippen LogP contribution in [0, 0.1) is 5.92 Å². The van der Waals surface area contributed by atoms with Crippen LogP contribution in [0.2, 0.25) is 5.02 Å². The normalized spacial score (nSPS) is 14.3. The maximum absolute atomic E-state index is 12.9. The van der Waals surface area contributed by atoms with Crippen molar-refractivity contribution in [2.75, 3.05) is 34.3 Å². The summed E-state index contributed by atoms with van der Waals surface area (Å²) in [6.45, 7) is 1.51. The summed E-state index contributed by atoms with van der Waals surface area (Å²) in [7, 11) is 5.09. The van der Waals surface area contributed by atoms with Crippen molar-refractivity contribution in [2.24, 2.45) is 5.92 Å². The highest BCUT2D eigenvalue weighted by Crippen LogP contribution is 2.30. The summed E-state index contributed by atoms with van der Waals surface area (Å²) in [5, 5.41) is 0.675. The molecular weight excluding hydrogens is 404 g/mol. The number of ether oxygens (including phenoxy) is 2. The van der Waals surface area contributed by atoms with E-state index in [1.54, 1.807) is 49.2 Å². The third kappa shape index (κ3) is 5.25. The van der Waals surface area contributed by atoms with Gasteiger partial charge in [-0.25, -0.2) is 0 Å². The molecule has 2 aromatic rings. The van der Waals surface area contributed by atoms with Crippen LogP contribution in [0.25, 0.3) is 0 Å². The summed E-state index contributed by atoms with van der Waals surface area (Å²) in [4.78, 5) is 28.5. The van der Waals surface area contributed by atoms with Gasteiger partial charge in [0.15, 0.2) is 11.5 Å². The number of carbonyl (C=O) groups is 2. The van der Waals surface area contributed by atoms with E-state index in [-0.39, 0.29) is 17.7 Å². The van der Waals surface area contributed by atoms with E-state index in [2.05, 4.69) is 0 Å². The Bertz CT molecular complexity index is 891. The molecular formula is C23H27ClN2O4. The first-order valence-corrected chi connectivity index (χ1v) is 10.3. The van der Waals surface area contributed by atoms with Crippen molar-refractivity contribution in [2.45, 2.75) is 19.4 Å². The summed E-state index contributed by atoms with van der Waals surface area (Å²) in [6, 6.07) is 12.6. The third-order valence-electron chi connectivity index (χ3n) is 5.29. The van der Waals surface area contributed by atoms with Crippen LogP contribution in [0.1, 0.15) is 28.8 Å². The van der Waals surface area contributed by atoms with Gasteiger partial charge < -0.3 is 19.3 Å². The smallest absolute Gasteiger partial charge is 0.253 e. The Morgan fingerprint density at radius 3 is 2.33 bits per heavy atom. The fourth-order valence-corrected chi connectivity index (χ4v) is 3.66.